The molecule has 0 saturated carbocycles. The summed E-state index contributed by atoms with van der Waals surface area (Å²) < 4.78 is 16.6. The van der Waals surface area contributed by atoms with Crippen molar-refractivity contribution in [2.75, 3.05) is 19.8 Å². The summed E-state index contributed by atoms with van der Waals surface area (Å²) in [5.41, 5.74) is 2.91. The first kappa shape index (κ1) is 22.4. The second kappa shape index (κ2) is 10.7. The average Bonchev–Trinajstić information content (AvgIpc) is 3.23. The molecule has 3 aromatic rings. The number of Topliss-reactive ketones (excluding diaryl/α,β-unsaturated/α-hetero) is 1. The number of aromatic nitrogens is 1. The topological polar surface area (TPSA) is 77.6 Å². The molecule has 0 radical (unpaired) electrons. The third-order valence-electron chi connectivity index (χ3n) is 5.05. The molecule has 164 valence electrons. The minimum Gasteiger partial charge on any atom is -0.490 e. The quantitative estimate of drug-likeness (QED) is 0.256. The molecule has 0 aliphatic heterocycles. The lowest BCUT2D eigenvalue weighted by molar-refractivity contribution is 0.0474. The van der Waals surface area contributed by atoms with Crippen LogP contribution < -0.4 is 9.47 Å². The summed E-state index contributed by atoms with van der Waals surface area (Å²) >= 11 is 0. The number of nitrogens with one attached hydrogen (secondary N) is 1. The molecule has 6 heteroatoms. The van der Waals surface area contributed by atoms with E-state index in [1.165, 1.54) is 0 Å². The number of para-hydroxylation sites is 1. The predicted octanol–water partition coefficient (Wildman–Crippen LogP) is 5.35. The van der Waals surface area contributed by atoms with E-state index in [2.05, 4.69) is 18.8 Å². The van der Waals surface area contributed by atoms with E-state index < -0.39 is 5.97 Å². The Morgan fingerprint density at radius 1 is 1.00 bits per heavy atom. The number of aryl methyl sites for hydroxylation is 1. The van der Waals surface area contributed by atoms with E-state index in [9.17, 15) is 9.59 Å². The number of aromatic amines is 1. The highest BCUT2D eigenvalue weighted by Crippen LogP contribution is 2.29. The maximum Gasteiger partial charge on any atom is 0.338 e. The van der Waals surface area contributed by atoms with E-state index in [4.69, 9.17) is 14.2 Å². The fourth-order valence-electron chi connectivity index (χ4n) is 3.38. The molecule has 0 spiro atoms. The van der Waals surface area contributed by atoms with Crippen molar-refractivity contribution in [1.82, 2.24) is 4.98 Å². The molecule has 1 N–H and O–H groups in total. The number of ether oxygens (including phenoxy) is 3. The van der Waals surface area contributed by atoms with E-state index in [1.54, 1.807) is 24.4 Å². The molecule has 3 rings (SSSR count). The Hall–Kier alpha value is -3.28. The van der Waals surface area contributed by atoms with Gasteiger partial charge in [0, 0.05) is 22.7 Å². The van der Waals surface area contributed by atoms with Gasteiger partial charge < -0.3 is 19.2 Å². The molecule has 0 saturated heterocycles. The summed E-state index contributed by atoms with van der Waals surface area (Å²) in [6, 6.07) is 10.8. The van der Waals surface area contributed by atoms with Gasteiger partial charge in [-0.05, 0) is 43.5 Å². The van der Waals surface area contributed by atoms with Crippen molar-refractivity contribution >= 4 is 22.7 Å². The van der Waals surface area contributed by atoms with E-state index >= 15 is 0 Å². The second-order valence-electron chi connectivity index (χ2n) is 7.19. The summed E-state index contributed by atoms with van der Waals surface area (Å²) in [6.07, 6.45) is 4.50. The molecule has 0 bridgehead atoms. The van der Waals surface area contributed by atoms with Crippen LogP contribution in [-0.2, 0) is 11.2 Å². The van der Waals surface area contributed by atoms with Crippen LogP contribution >= 0.6 is 0 Å². The molecule has 31 heavy (non-hydrogen) atoms. The number of ketones is 1. The number of unbranched alkanes of at least 4 members (excludes halogenated alkanes) is 1. The molecule has 2 aromatic carbocycles. The molecule has 1 aromatic heterocycles. The minimum absolute atomic E-state index is 0.252. The Morgan fingerprint density at radius 3 is 2.58 bits per heavy atom. The Labute approximate surface area is 182 Å². The van der Waals surface area contributed by atoms with Crippen molar-refractivity contribution < 1.29 is 23.8 Å². The highest BCUT2D eigenvalue weighted by atomic mass is 16.5. The van der Waals surface area contributed by atoms with Crippen LogP contribution in [-0.4, -0.2) is 36.6 Å². The van der Waals surface area contributed by atoms with Crippen LogP contribution in [0.4, 0.5) is 0 Å². The van der Waals surface area contributed by atoms with E-state index in [1.807, 2.05) is 25.1 Å². The average molecular weight is 424 g/mol. The van der Waals surface area contributed by atoms with Gasteiger partial charge in [0.15, 0.2) is 18.1 Å². The number of H-pyrrole nitrogens is 1. The fourth-order valence-corrected chi connectivity index (χ4v) is 3.38. The summed E-state index contributed by atoms with van der Waals surface area (Å²) in [5.74, 6) is 0.248. The van der Waals surface area contributed by atoms with Crippen molar-refractivity contribution in [3.63, 3.8) is 0 Å². The lowest BCUT2D eigenvalue weighted by Gasteiger charge is -2.13. The van der Waals surface area contributed by atoms with Gasteiger partial charge in [-0.15, -0.1) is 0 Å². The van der Waals surface area contributed by atoms with Gasteiger partial charge in [0.1, 0.15) is 0 Å². The SMILES string of the molecule is CCCCOc1ccc(C(=O)OCC(=O)c2c[nH]c3c(CC)cccc23)cc1OCC. The van der Waals surface area contributed by atoms with Crippen molar-refractivity contribution in [2.45, 2.75) is 40.0 Å². The molecule has 0 aliphatic rings. The normalized spacial score (nSPS) is 10.8. The maximum absolute atomic E-state index is 12.7. The second-order valence-corrected chi connectivity index (χ2v) is 7.19. The zero-order valence-electron chi connectivity index (χ0n) is 18.3. The number of carbonyl (C=O) groups is 2. The molecular formula is C25H29NO5. The highest BCUT2D eigenvalue weighted by molar-refractivity contribution is 6.09. The lowest BCUT2D eigenvalue weighted by atomic mass is 10.1. The van der Waals surface area contributed by atoms with Gasteiger partial charge in [0.2, 0.25) is 5.78 Å². The molecule has 0 unspecified atom stereocenters. The van der Waals surface area contributed by atoms with Crippen molar-refractivity contribution in [1.29, 1.82) is 0 Å². The van der Waals surface area contributed by atoms with Crippen LogP contribution in [0.15, 0.2) is 42.6 Å². The first-order valence-electron chi connectivity index (χ1n) is 10.8. The van der Waals surface area contributed by atoms with Gasteiger partial charge in [-0.25, -0.2) is 4.79 Å². The summed E-state index contributed by atoms with van der Waals surface area (Å²) in [6.45, 7) is 6.72. The van der Waals surface area contributed by atoms with Crippen LogP contribution in [0.2, 0.25) is 0 Å². The maximum atomic E-state index is 12.7. The zero-order chi connectivity index (χ0) is 22.2. The van der Waals surface area contributed by atoms with Crippen molar-refractivity contribution in [2.24, 2.45) is 0 Å². The molecule has 1 heterocycles. The molecule has 0 aliphatic carbocycles. The van der Waals surface area contributed by atoms with Gasteiger partial charge in [0.05, 0.1) is 18.8 Å². The first-order valence-corrected chi connectivity index (χ1v) is 10.8. The Bertz CT molecular complexity index is 1050. The van der Waals surface area contributed by atoms with E-state index in [0.29, 0.717) is 35.8 Å². The molecule has 0 fully saturated rings. The molecular weight excluding hydrogens is 394 g/mol. The summed E-state index contributed by atoms with van der Waals surface area (Å²) in [5, 5.41) is 0.840. The van der Waals surface area contributed by atoms with E-state index in [-0.39, 0.29) is 12.4 Å². The monoisotopic (exact) mass is 423 g/mol. The molecule has 6 nitrogen and oxygen atoms in total. The van der Waals surface area contributed by atoms with Gasteiger partial charge in [-0.2, -0.15) is 0 Å². The highest BCUT2D eigenvalue weighted by Gasteiger charge is 2.18. The predicted molar refractivity (Wildman–Crippen MR) is 120 cm³/mol. The molecule has 0 atom stereocenters. The van der Waals surface area contributed by atoms with E-state index in [0.717, 1.165) is 35.7 Å². The Morgan fingerprint density at radius 2 is 1.84 bits per heavy atom. The number of rotatable bonds is 11. The van der Waals surface area contributed by atoms with Crippen LogP contribution in [0.5, 0.6) is 11.5 Å². The number of benzene rings is 2. The third kappa shape index (κ3) is 5.26. The van der Waals surface area contributed by atoms with Crippen LogP contribution in [0.3, 0.4) is 0 Å². The smallest absolute Gasteiger partial charge is 0.338 e. The number of hydrogen-bond donors (Lipinski definition) is 1. The Balaban J connectivity index is 1.69. The number of hydrogen-bond acceptors (Lipinski definition) is 5. The van der Waals surface area contributed by atoms with Crippen LogP contribution in [0.25, 0.3) is 10.9 Å². The summed E-state index contributed by atoms with van der Waals surface area (Å²) in [7, 11) is 0. The zero-order valence-corrected chi connectivity index (χ0v) is 18.3. The van der Waals surface area contributed by atoms with Gasteiger partial charge >= 0.3 is 5.97 Å². The first-order chi connectivity index (χ1) is 15.1. The van der Waals surface area contributed by atoms with Gasteiger partial charge in [-0.1, -0.05) is 38.5 Å². The number of carbonyl (C=O) groups excluding carboxylic acids is 2. The Kier molecular flexibility index (Phi) is 7.70. The number of fused-ring (bicyclic) bond motifs is 1. The van der Waals surface area contributed by atoms with Crippen molar-refractivity contribution in [3.05, 3.63) is 59.3 Å². The fraction of sp³-hybridized carbons (Fsp3) is 0.360. The minimum atomic E-state index is -0.580. The lowest BCUT2D eigenvalue weighted by Crippen LogP contribution is -2.14. The number of esters is 1. The van der Waals surface area contributed by atoms with Crippen LogP contribution in [0.1, 0.15) is 59.9 Å². The van der Waals surface area contributed by atoms with Gasteiger partial charge in [0.25, 0.3) is 0 Å². The van der Waals surface area contributed by atoms with Gasteiger partial charge in [-0.3, -0.25) is 4.79 Å². The molecule has 0 amide bonds. The third-order valence-corrected chi connectivity index (χ3v) is 5.05. The largest absolute Gasteiger partial charge is 0.490 e. The van der Waals surface area contributed by atoms with Crippen molar-refractivity contribution in [3.8, 4) is 11.5 Å². The standard InChI is InChI=1S/C25H29NO5/c1-4-7-13-30-22-12-11-18(14-23(22)29-6-3)25(28)31-16-21(27)20-15-26-24-17(5-2)9-8-10-19(20)24/h8-12,14-15,26H,4-7,13,16H2,1-3H3. The summed E-state index contributed by atoms with van der Waals surface area (Å²) in [4.78, 5) is 28.4. The van der Waals surface area contributed by atoms with Crippen LogP contribution in [0, 0.1) is 0 Å².